The summed E-state index contributed by atoms with van der Waals surface area (Å²) in [4.78, 5) is 18.5. The Bertz CT molecular complexity index is 727. The highest BCUT2D eigenvalue weighted by molar-refractivity contribution is 7.18. The lowest BCUT2D eigenvalue weighted by Gasteiger charge is -2.34. The number of piperidine rings is 1. The molecule has 0 spiro atoms. The van der Waals surface area contributed by atoms with Crippen LogP contribution in [0, 0.1) is 6.92 Å². The number of aryl methyl sites for hydroxylation is 1. The van der Waals surface area contributed by atoms with Crippen molar-refractivity contribution in [2.24, 2.45) is 0 Å². The van der Waals surface area contributed by atoms with E-state index in [0.717, 1.165) is 42.1 Å². The second kappa shape index (κ2) is 6.59. The van der Waals surface area contributed by atoms with Gasteiger partial charge in [0.05, 0.1) is 15.2 Å². The first kappa shape index (κ1) is 17.0. The number of anilines is 1. The van der Waals surface area contributed by atoms with E-state index in [1.54, 1.807) is 16.2 Å². The number of likely N-dealkylation sites (tertiary alicyclic amines) is 1. The average molecular weight is 347 g/mol. The quantitative estimate of drug-likeness (QED) is 0.874. The molecule has 1 fully saturated rings. The Labute approximate surface area is 147 Å². The first-order valence-corrected chi connectivity index (χ1v) is 9.23. The Hall–Kier alpha value is -1.82. The number of nitrogens with zero attached hydrogens (tertiary/aromatic N) is 2. The smallest absolute Gasteiger partial charge is 0.410 e. The number of amides is 1. The van der Waals surface area contributed by atoms with Gasteiger partial charge in [0.1, 0.15) is 5.60 Å². The molecule has 1 aliphatic rings. The molecule has 0 unspecified atom stereocenters. The fourth-order valence-corrected chi connectivity index (χ4v) is 3.71. The number of benzene rings is 1. The Balaban J connectivity index is 1.55. The number of carbonyl (C=O) groups excluding carboxylic acids is 1. The van der Waals surface area contributed by atoms with Crippen molar-refractivity contribution in [1.82, 2.24) is 9.88 Å². The van der Waals surface area contributed by atoms with Gasteiger partial charge in [-0.3, -0.25) is 0 Å². The van der Waals surface area contributed by atoms with Crippen LogP contribution in [0.2, 0.25) is 0 Å². The first-order valence-electron chi connectivity index (χ1n) is 8.42. The fraction of sp³-hybridized carbons (Fsp3) is 0.556. The summed E-state index contributed by atoms with van der Waals surface area (Å²) in [5.41, 5.74) is 1.71. The molecule has 1 aromatic heterocycles. The van der Waals surface area contributed by atoms with E-state index in [-0.39, 0.29) is 6.09 Å². The molecule has 0 bridgehead atoms. The van der Waals surface area contributed by atoms with Crippen LogP contribution < -0.4 is 5.32 Å². The third kappa shape index (κ3) is 4.17. The predicted molar refractivity (Wildman–Crippen MR) is 98.8 cm³/mol. The van der Waals surface area contributed by atoms with Crippen LogP contribution >= 0.6 is 11.3 Å². The Morgan fingerprint density at radius 2 is 2.04 bits per heavy atom. The second-order valence-electron chi connectivity index (χ2n) is 7.30. The van der Waals surface area contributed by atoms with Crippen LogP contribution in [0.15, 0.2) is 18.2 Å². The van der Waals surface area contributed by atoms with E-state index in [2.05, 4.69) is 28.5 Å². The molecule has 0 saturated carbocycles. The predicted octanol–water partition coefficient (Wildman–Crippen LogP) is 4.42. The largest absolute Gasteiger partial charge is 0.444 e. The van der Waals surface area contributed by atoms with Gasteiger partial charge in [0.2, 0.25) is 0 Å². The van der Waals surface area contributed by atoms with Crippen LogP contribution in [0.5, 0.6) is 0 Å². The van der Waals surface area contributed by atoms with Crippen molar-refractivity contribution < 1.29 is 9.53 Å². The highest BCUT2D eigenvalue weighted by Gasteiger charge is 2.26. The molecule has 1 amide bonds. The van der Waals surface area contributed by atoms with Crippen molar-refractivity contribution in [2.75, 3.05) is 18.4 Å². The molecule has 2 aromatic rings. The summed E-state index contributed by atoms with van der Waals surface area (Å²) < 4.78 is 6.66. The maximum Gasteiger partial charge on any atom is 0.410 e. The minimum atomic E-state index is -0.437. The van der Waals surface area contributed by atoms with Crippen LogP contribution in [0.3, 0.4) is 0 Å². The van der Waals surface area contributed by atoms with Crippen molar-refractivity contribution in [3.8, 4) is 0 Å². The van der Waals surface area contributed by atoms with Gasteiger partial charge in [0.15, 0.2) is 0 Å². The number of rotatable bonds is 2. The maximum absolute atomic E-state index is 12.1. The molecular formula is C18H25N3O2S. The van der Waals surface area contributed by atoms with Gasteiger partial charge in [-0.1, -0.05) is 0 Å². The highest BCUT2D eigenvalue weighted by atomic mass is 32.1. The average Bonchev–Trinajstić information content (AvgIpc) is 2.85. The molecule has 0 aliphatic carbocycles. The van der Waals surface area contributed by atoms with Gasteiger partial charge in [-0.05, 0) is 58.7 Å². The molecule has 0 atom stereocenters. The Morgan fingerprint density at radius 3 is 2.71 bits per heavy atom. The number of carbonyl (C=O) groups is 1. The number of fused-ring (bicyclic) bond motifs is 1. The molecule has 1 aromatic carbocycles. The van der Waals surface area contributed by atoms with E-state index in [0.29, 0.717) is 6.04 Å². The van der Waals surface area contributed by atoms with Gasteiger partial charge in [-0.25, -0.2) is 9.78 Å². The van der Waals surface area contributed by atoms with Crippen LogP contribution in [0.4, 0.5) is 10.5 Å². The van der Waals surface area contributed by atoms with Crippen molar-refractivity contribution in [3.05, 3.63) is 23.2 Å². The third-order valence-electron chi connectivity index (χ3n) is 4.01. The van der Waals surface area contributed by atoms with Crippen molar-refractivity contribution in [1.29, 1.82) is 0 Å². The van der Waals surface area contributed by atoms with Gasteiger partial charge in [0.25, 0.3) is 0 Å². The minimum absolute atomic E-state index is 0.208. The zero-order chi connectivity index (χ0) is 17.3. The summed E-state index contributed by atoms with van der Waals surface area (Å²) in [6, 6.07) is 6.72. The summed E-state index contributed by atoms with van der Waals surface area (Å²) in [5.74, 6) is 0. The number of hydrogen-bond donors (Lipinski definition) is 1. The van der Waals surface area contributed by atoms with Gasteiger partial charge in [-0.2, -0.15) is 0 Å². The van der Waals surface area contributed by atoms with Crippen LogP contribution in [-0.4, -0.2) is 40.7 Å². The van der Waals surface area contributed by atoms with E-state index in [1.807, 2.05) is 27.7 Å². The van der Waals surface area contributed by atoms with E-state index in [1.165, 1.54) is 4.70 Å². The lowest BCUT2D eigenvalue weighted by molar-refractivity contribution is 0.0210. The molecular weight excluding hydrogens is 322 g/mol. The van der Waals surface area contributed by atoms with Crippen molar-refractivity contribution in [2.45, 2.75) is 52.2 Å². The molecule has 130 valence electrons. The number of thiazole rings is 1. The first-order chi connectivity index (χ1) is 11.3. The summed E-state index contributed by atoms with van der Waals surface area (Å²) in [5, 5.41) is 4.67. The third-order valence-corrected chi connectivity index (χ3v) is 4.96. The lowest BCUT2D eigenvalue weighted by atomic mass is 10.0. The molecule has 5 nitrogen and oxygen atoms in total. The number of aromatic nitrogens is 1. The molecule has 6 heteroatoms. The van der Waals surface area contributed by atoms with Gasteiger partial charge >= 0.3 is 6.09 Å². The minimum Gasteiger partial charge on any atom is -0.444 e. The molecule has 1 aliphatic heterocycles. The van der Waals surface area contributed by atoms with Crippen LogP contribution in [-0.2, 0) is 4.74 Å². The lowest BCUT2D eigenvalue weighted by Crippen LogP contribution is -2.44. The van der Waals surface area contributed by atoms with Crippen molar-refractivity contribution >= 4 is 33.3 Å². The summed E-state index contributed by atoms with van der Waals surface area (Å²) >= 11 is 1.72. The topological polar surface area (TPSA) is 54.5 Å². The molecule has 1 saturated heterocycles. The van der Waals surface area contributed by atoms with E-state index in [4.69, 9.17) is 4.74 Å². The van der Waals surface area contributed by atoms with E-state index in [9.17, 15) is 4.79 Å². The van der Waals surface area contributed by atoms with Crippen molar-refractivity contribution in [3.63, 3.8) is 0 Å². The summed E-state index contributed by atoms with van der Waals surface area (Å²) in [6.45, 7) is 9.18. The van der Waals surface area contributed by atoms with E-state index < -0.39 is 5.60 Å². The van der Waals surface area contributed by atoms with Gasteiger partial charge in [-0.15, -0.1) is 11.3 Å². The normalized spacial score (nSPS) is 16.4. The second-order valence-corrected chi connectivity index (χ2v) is 8.54. The summed E-state index contributed by atoms with van der Waals surface area (Å²) in [7, 11) is 0. The van der Waals surface area contributed by atoms with Crippen LogP contribution in [0.25, 0.3) is 10.2 Å². The van der Waals surface area contributed by atoms with Gasteiger partial charge in [0, 0.05) is 24.8 Å². The van der Waals surface area contributed by atoms with E-state index >= 15 is 0 Å². The standard InChI is InChI=1S/C18H25N3O2S/c1-12-19-15-11-14(5-6-16(15)24-12)20-13-7-9-21(10-8-13)17(22)23-18(2,3)4/h5-6,11,13,20H,7-10H2,1-4H3. The van der Waals surface area contributed by atoms with Gasteiger partial charge < -0.3 is 15.0 Å². The zero-order valence-electron chi connectivity index (χ0n) is 14.8. The summed E-state index contributed by atoms with van der Waals surface area (Å²) in [6.07, 6.45) is 1.64. The zero-order valence-corrected chi connectivity index (χ0v) is 15.6. The molecule has 24 heavy (non-hydrogen) atoms. The molecule has 1 N–H and O–H groups in total. The monoisotopic (exact) mass is 347 g/mol. The molecule has 0 radical (unpaired) electrons. The Kier molecular flexibility index (Phi) is 4.67. The fourth-order valence-electron chi connectivity index (χ4n) is 2.90. The van der Waals surface area contributed by atoms with Crippen LogP contribution in [0.1, 0.15) is 38.6 Å². The highest BCUT2D eigenvalue weighted by Crippen LogP contribution is 2.26. The maximum atomic E-state index is 12.1. The number of hydrogen-bond acceptors (Lipinski definition) is 5. The Morgan fingerprint density at radius 1 is 1.33 bits per heavy atom. The SMILES string of the molecule is Cc1nc2cc(NC3CCN(C(=O)OC(C)(C)C)CC3)ccc2s1. The molecule has 3 rings (SSSR count). The number of nitrogens with one attached hydrogen (secondary N) is 1. The molecule has 2 heterocycles. The number of ether oxygens (including phenoxy) is 1.